The summed E-state index contributed by atoms with van der Waals surface area (Å²) in [4.78, 5) is 28.9. The zero-order chi connectivity index (χ0) is 30.5. The summed E-state index contributed by atoms with van der Waals surface area (Å²) >= 11 is 0. The van der Waals surface area contributed by atoms with Crippen molar-refractivity contribution >= 4 is 11.8 Å². The number of rotatable bonds is 3. The summed E-state index contributed by atoms with van der Waals surface area (Å²) in [5.74, 6) is 2.65. The first kappa shape index (κ1) is 30.7. The van der Waals surface area contributed by atoms with Crippen molar-refractivity contribution in [1.29, 1.82) is 0 Å². The van der Waals surface area contributed by atoms with E-state index in [-0.39, 0.29) is 33.7 Å². The predicted molar refractivity (Wildman–Crippen MR) is 171 cm³/mol. The van der Waals surface area contributed by atoms with Crippen molar-refractivity contribution in [2.45, 2.75) is 138 Å². The minimum absolute atomic E-state index is 0.0708. The minimum Gasteiger partial charge on any atom is -0.335 e. The Morgan fingerprint density at radius 3 is 2.17 bits per heavy atom. The second-order valence-corrected chi connectivity index (χ2v) is 17.7. The number of Topliss-reactive ketones (excluding diaryl/α,β-unsaturated/α-hetero) is 1. The van der Waals surface area contributed by atoms with Crippen molar-refractivity contribution in [3.8, 4) is 0 Å². The monoisotopic (exact) mass is 579 g/mol. The lowest BCUT2D eigenvalue weighted by Crippen LogP contribution is -2.67. The largest absolute Gasteiger partial charge is 0.335 e. The average Bonchev–Trinajstić information content (AvgIpc) is 3.21. The van der Waals surface area contributed by atoms with E-state index in [9.17, 15) is 9.59 Å². The van der Waals surface area contributed by atoms with Gasteiger partial charge in [0.2, 0.25) is 0 Å². The smallest absolute Gasteiger partial charge is 0.317 e. The molecule has 5 aliphatic carbocycles. The zero-order valence-corrected chi connectivity index (χ0v) is 28.4. The number of piperidine rings is 1. The molecule has 8 atom stereocenters. The first-order valence-corrected chi connectivity index (χ1v) is 17.6. The summed E-state index contributed by atoms with van der Waals surface area (Å²) in [6, 6.07) is 0.931. The van der Waals surface area contributed by atoms with Crippen LogP contribution < -0.4 is 10.6 Å². The third-order valence-electron chi connectivity index (χ3n) is 15.3. The van der Waals surface area contributed by atoms with Crippen molar-refractivity contribution in [2.75, 3.05) is 20.1 Å². The fraction of sp³-hybridized carbons (Fsp3) is 0.892. The van der Waals surface area contributed by atoms with Gasteiger partial charge >= 0.3 is 6.03 Å². The van der Waals surface area contributed by atoms with Gasteiger partial charge in [-0.2, -0.15) is 0 Å². The highest BCUT2D eigenvalue weighted by molar-refractivity contribution is 6.00. The van der Waals surface area contributed by atoms with Crippen LogP contribution in [0.5, 0.6) is 0 Å². The van der Waals surface area contributed by atoms with Crippen LogP contribution in [0.15, 0.2) is 11.1 Å². The summed E-state index contributed by atoms with van der Waals surface area (Å²) < 4.78 is 0. The summed E-state index contributed by atoms with van der Waals surface area (Å²) in [5, 5.41) is 6.96. The molecule has 0 spiro atoms. The Balaban J connectivity index is 1.25. The zero-order valence-electron chi connectivity index (χ0n) is 28.4. The van der Waals surface area contributed by atoms with Gasteiger partial charge in [-0.05, 0) is 128 Å². The Labute approximate surface area is 256 Å². The summed E-state index contributed by atoms with van der Waals surface area (Å²) in [7, 11) is 2.03. The van der Waals surface area contributed by atoms with E-state index in [1.165, 1.54) is 50.5 Å². The highest BCUT2D eigenvalue weighted by Crippen LogP contribution is 2.76. The second kappa shape index (κ2) is 10.1. The Morgan fingerprint density at radius 1 is 0.833 bits per heavy atom. The molecule has 0 aromatic rings. The average molecular weight is 580 g/mol. The summed E-state index contributed by atoms with van der Waals surface area (Å²) in [6.45, 7) is 21.5. The van der Waals surface area contributed by atoms with Crippen LogP contribution in [0.1, 0.15) is 126 Å². The third-order valence-corrected chi connectivity index (χ3v) is 15.3. The van der Waals surface area contributed by atoms with Gasteiger partial charge in [0, 0.05) is 31.6 Å². The molecular weight excluding hydrogens is 518 g/mol. The van der Waals surface area contributed by atoms with Gasteiger partial charge in [-0.1, -0.05) is 61.0 Å². The molecule has 1 aliphatic heterocycles. The van der Waals surface area contributed by atoms with Gasteiger partial charge < -0.3 is 15.5 Å². The Bertz CT molecular complexity index is 1150. The van der Waals surface area contributed by atoms with Gasteiger partial charge in [0.15, 0.2) is 5.78 Å². The van der Waals surface area contributed by atoms with Crippen LogP contribution in [0.25, 0.3) is 0 Å². The maximum atomic E-state index is 13.4. The van der Waals surface area contributed by atoms with Crippen molar-refractivity contribution in [3.63, 3.8) is 0 Å². The minimum atomic E-state index is 0.0708. The molecule has 5 heteroatoms. The number of nitrogens with zero attached hydrogens (tertiary/aromatic N) is 1. The molecule has 0 radical (unpaired) electrons. The van der Waals surface area contributed by atoms with E-state index in [4.69, 9.17) is 0 Å². The summed E-state index contributed by atoms with van der Waals surface area (Å²) in [6.07, 6.45) is 12.6. The number of hydrogen-bond acceptors (Lipinski definition) is 3. The molecule has 6 rings (SSSR count). The van der Waals surface area contributed by atoms with Crippen LogP contribution in [0.4, 0.5) is 4.79 Å². The predicted octanol–water partition coefficient (Wildman–Crippen LogP) is 7.75. The number of ketones is 1. The maximum absolute atomic E-state index is 13.4. The second-order valence-electron chi connectivity index (χ2n) is 17.7. The van der Waals surface area contributed by atoms with E-state index < -0.39 is 0 Å². The van der Waals surface area contributed by atoms with Crippen LogP contribution in [0.3, 0.4) is 0 Å². The van der Waals surface area contributed by atoms with E-state index in [0.717, 1.165) is 38.8 Å². The standard InChI is InChI=1S/C37H61N3O2/c1-23(2)30-26(41)22-34(5)18-19-36(7)25(31(30)34)10-11-28-35(6)16-13-29(33(3,4)27(35)12-17-37(28,36)8)39-32(42)40-20-14-24(38-9)15-21-40/h23-25,27-29,38H,10-22H2,1-9H3,(H,39,42)/t25-,27+,28-,29?,34+,35+,36-,37-/m1/s1. The Kier molecular flexibility index (Phi) is 7.35. The van der Waals surface area contributed by atoms with Crippen LogP contribution in [-0.4, -0.2) is 48.9 Å². The van der Waals surface area contributed by atoms with Crippen molar-refractivity contribution in [3.05, 3.63) is 11.1 Å². The van der Waals surface area contributed by atoms with Crippen molar-refractivity contribution in [2.24, 2.45) is 50.7 Å². The van der Waals surface area contributed by atoms with Crippen molar-refractivity contribution < 1.29 is 9.59 Å². The number of likely N-dealkylation sites (tertiary alicyclic amines) is 1. The molecule has 2 N–H and O–H groups in total. The SMILES string of the molecule is CNC1CCN(C(=O)NC2CC[C@]3(C)[C@H]4CC[C@@H]5C6=C(C(C)C)C(=O)C[C@]6(C)CC[C@@]5(C)[C@]4(C)CC[C@H]3C2(C)C)CC1. The highest BCUT2D eigenvalue weighted by atomic mass is 16.2. The van der Waals surface area contributed by atoms with E-state index in [1.807, 2.05) is 7.05 Å². The molecule has 4 saturated carbocycles. The first-order valence-electron chi connectivity index (χ1n) is 17.6. The molecule has 0 bridgehead atoms. The lowest BCUT2D eigenvalue weighted by atomic mass is 9.33. The van der Waals surface area contributed by atoms with Crippen LogP contribution in [0, 0.1) is 50.7 Å². The molecule has 1 unspecified atom stereocenters. The fourth-order valence-corrected chi connectivity index (χ4v) is 12.8. The van der Waals surface area contributed by atoms with E-state index in [1.54, 1.807) is 5.57 Å². The number of fused-ring (bicyclic) bond motifs is 7. The molecule has 6 aliphatic rings. The molecule has 42 heavy (non-hydrogen) atoms. The van der Waals surface area contributed by atoms with Crippen LogP contribution in [-0.2, 0) is 4.79 Å². The molecule has 0 aromatic heterocycles. The van der Waals surface area contributed by atoms with Gasteiger partial charge in [-0.25, -0.2) is 4.79 Å². The molecule has 0 aromatic carbocycles. The number of allylic oxidation sites excluding steroid dienone is 2. The summed E-state index contributed by atoms with van der Waals surface area (Å²) in [5.41, 5.74) is 3.79. The van der Waals surface area contributed by atoms with Crippen LogP contribution >= 0.6 is 0 Å². The number of urea groups is 1. The lowest BCUT2D eigenvalue weighted by molar-refractivity contribution is -0.215. The lowest BCUT2D eigenvalue weighted by Gasteiger charge is -2.72. The quantitative estimate of drug-likeness (QED) is 0.359. The molecule has 1 heterocycles. The Hall–Kier alpha value is -1.36. The van der Waals surface area contributed by atoms with Gasteiger partial charge in [-0.3, -0.25) is 4.79 Å². The Morgan fingerprint density at radius 2 is 1.52 bits per heavy atom. The van der Waals surface area contributed by atoms with Gasteiger partial charge in [-0.15, -0.1) is 0 Å². The van der Waals surface area contributed by atoms with Gasteiger partial charge in [0.05, 0.1) is 0 Å². The molecule has 2 amide bonds. The molecule has 236 valence electrons. The molecule has 1 saturated heterocycles. The van der Waals surface area contributed by atoms with Crippen LogP contribution in [0.2, 0.25) is 0 Å². The van der Waals surface area contributed by atoms with Crippen molar-refractivity contribution in [1.82, 2.24) is 15.5 Å². The maximum Gasteiger partial charge on any atom is 0.317 e. The molecular formula is C37H61N3O2. The first-order chi connectivity index (χ1) is 19.6. The van der Waals surface area contributed by atoms with E-state index >= 15 is 0 Å². The normalized spacial score (nSPS) is 45.3. The highest BCUT2D eigenvalue weighted by Gasteiger charge is 2.69. The number of hydrogen-bond donors (Lipinski definition) is 2. The molecule has 5 fully saturated rings. The topological polar surface area (TPSA) is 61.4 Å². The van der Waals surface area contributed by atoms with E-state index in [0.29, 0.717) is 40.9 Å². The molecule has 5 nitrogen and oxygen atoms in total. The fourth-order valence-electron chi connectivity index (χ4n) is 12.8. The van der Waals surface area contributed by atoms with Gasteiger partial charge in [0.25, 0.3) is 0 Å². The number of amides is 2. The van der Waals surface area contributed by atoms with Gasteiger partial charge in [0.1, 0.15) is 0 Å². The number of carbonyl (C=O) groups excluding carboxylic acids is 2. The third kappa shape index (κ3) is 4.17. The van der Waals surface area contributed by atoms with E-state index in [2.05, 4.69) is 70.9 Å². The number of carbonyl (C=O) groups is 2. The number of nitrogens with one attached hydrogen (secondary N) is 2.